The van der Waals surface area contributed by atoms with Crippen LogP contribution in [0.5, 0.6) is 0 Å². The second-order valence-corrected chi connectivity index (χ2v) is 22.3. The van der Waals surface area contributed by atoms with Gasteiger partial charge in [0.05, 0.1) is 29.1 Å². The molecule has 9 rings (SSSR count). The van der Waals surface area contributed by atoms with Gasteiger partial charge in [0.2, 0.25) is 20.0 Å². The number of benzene rings is 2. The first kappa shape index (κ1) is 48.0. The number of carbonyl (C=O) groups is 3. The Bertz CT molecular complexity index is 2720. The lowest BCUT2D eigenvalue weighted by Gasteiger charge is -2.40. The molecule has 0 bridgehead atoms. The fourth-order valence-corrected chi connectivity index (χ4v) is 12.6. The van der Waals surface area contributed by atoms with Gasteiger partial charge in [-0.15, -0.1) is 0 Å². The zero-order valence-electron chi connectivity index (χ0n) is 37.4. The van der Waals surface area contributed by atoms with Crippen LogP contribution < -0.4 is 5.32 Å². The number of alkyl halides is 3. The SMILES string of the molecule is CCS(=O)(=O)n1c2c(c3cc(C(=O)N4CCC(CO)CC4)ccc31)CN(C1CCC1)CC2.CCS(=O)(=O)n1c2c(c3cc(C(=O)N4CCC(COC(=O)C(F)(F)F)CC4)ccc31)CNCC2. The van der Waals surface area contributed by atoms with E-state index in [0.717, 1.165) is 65.6 Å². The van der Waals surface area contributed by atoms with Gasteiger partial charge in [0.15, 0.2) is 0 Å². The number of carbonyl (C=O) groups excluding carboxylic acids is 3. The monoisotopic (exact) mass is 960 g/mol. The third-order valence-corrected chi connectivity index (χ3v) is 17.6. The number of nitrogens with one attached hydrogen (secondary N) is 1. The molecule has 5 aliphatic rings. The molecule has 2 aromatic carbocycles. The Kier molecular flexibility index (Phi) is 14.0. The minimum Gasteiger partial charge on any atom is -0.459 e. The second-order valence-electron chi connectivity index (χ2n) is 18.1. The minimum absolute atomic E-state index is 0.00482. The number of piperidine rings is 2. The van der Waals surface area contributed by atoms with Crippen LogP contribution in [-0.2, 0) is 55.5 Å². The van der Waals surface area contributed by atoms with Crippen molar-refractivity contribution in [2.24, 2.45) is 11.8 Å². The van der Waals surface area contributed by atoms with E-state index in [-0.39, 0.29) is 48.4 Å². The van der Waals surface area contributed by atoms with Crippen LogP contribution in [0.25, 0.3) is 21.8 Å². The van der Waals surface area contributed by atoms with Crippen LogP contribution in [0, 0.1) is 11.8 Å². The number of likely N-dealkylation sites (tertiary alicyclic amines) is 2. The number of nitrogens with zero attached hydrogens (tertiary/aromatic N) is 5. The number of halogens is 3. The Morgan fingerprint density at radius 3 is 1.73 bits per heavy atom. The zero-order valence-corrected chi connectivity index (χ0v) is 39.1. The van der Waals surface area contributed by atoms with E-state index in [9.17, 15) is 49.5 Å². The van der Waals surface area contributed by atoms with E-state index < -0.39 is 32.2 Å². The van der Waals surface area contributed by atoms with Gasteiger partial charge in [-0.25, -0.2) is 29.6 Å². The second kappa shape index (κ2) is 19.2. The Morgan fingerprint density at radius 1 is 0.727 bits per heavy atom. The molecule has 0 atom stereocenters. The Morgan fingerprint density at radius 2 is 1.24 bits per heavy atom. The molecular formula is C46H59F3N6O9S2. The summed E-state index contributed by atoms with van der Waals surface area (Å²) in [5.74, 6) is -2.38. The fraction of sp³-hybridized carbons (Fsp3) is 0.587. The minimum atomic E-state index is -5.01. The molecule has 360 valence electrons. The Labute approximate surface area is 383 Å². The summed E-state index contributed by atoms with van der Waals surface area (Å²) in [6.45, 7) is 7.92. The molecule has 4 aliphatic heterocycles. The molecule has 2 N–H and O–H groups in total. The van der Waals surface area contributed by atoms with Crippen molar-refractivity contribution in [3.8, 4) is 0 Å². The van der Waals surface area contributed by atoms with Gasteiger partial charge in [-0.1, -0.05) is 6.42 Å². The van der Waals surface area contributed by atoms with Crippen molar-refractivity contribution >= 4 is 59.6 Å². The van der Waals surface area contributed by atoms with E-state index in [1.54, 1.807) is 47.0 Å². The van der Waals surface area contributed by atoms with Crippen LogP contribution in [0.3, 0.4) is 0 Å². The maximum Gasteiger partial charge on any atom is 0.490 e. The van der Waals surface area contributed by atoms with E-state index in [4.69, 9.17) is 0 Å². The summed E-state index contributed by atoms with van der Waals surface area (Å²) in [6, 6.07) is 11.1. The van der Waals surface area contributed by atoms with Crippen molar-refractivity contribution < 1.29 is 54.2 Å². The fourth-order valence-electron chi connectivity index (χ4n) is 10.1. The molecule has 0 spiro atoms. The third kappa shape index (κ3) is 9.49. The van der Waals surface area contributed by atoms with Crippen LogP contribution >= 0.6 is 0 Å². The number of amides is 2. The zero-order chi connectivity index (χ0) is 47.1. The highest BCUT2D eigenvalue weighted by Gasteiger charge is 2.41. The summed E-state index contributed by atoms with van der Waals surface area (Å²) in [4.78, 5) is 43.2. The molecule has 2 saturated heterocycles. The Hall–Kier alpha value is -4.50. The van der Waals surface area contributed by atoms with Crippen molar-refractivity contribution in [2.75, 3.05) is 64.0 Å². The summed E-state index contributed by atoms with van der Waals surface area (Å²) in [6.07, 6.45) is 2.46. The quantitative estimate of drug-likeness (QED) is 0.204. The lowest BCUT2D eigenvalue weighted by Crippen LogP contribution is -2.43. The topological polar surface area (TPSA) is 181 Å². The van der Waals surface area contributed by atoms with Gasteiger partial charge in [0.1, 0.15) is 0 Å². The maximum atomic E-state index is 13.2. The van der Waals surface area contributed by atoms with E-state index in [1.807, 2.05) is 17.0 Å². The first-order valence-electron chi connectivity index (χ1n) is 23.1. The van der Waals surface area contributed by atoms with Crippen molar-refractivity contribution in [2.45, 2.75) is 96.9 Å². The van der Waals surface area contributed by atoms with Gasteiger partial charge in [-0.05, 0) is 112 Å². The number of rotatable bonds is 10. The molecule has 4 aromatic rings. The normalized spacial score (nSPS) is 19.2. The number of ether oxygens (including phenoxy) is 1. The molecule has 1 saturated carbocycles. The molecule has 15 nitrogen and oxygen atoms in total. The largest absolute Gasteiger partial charge is 0.490 e. The number of hydrogen-bond donors (Lipinski definition) is 2. The van der Waals surface area contributed by atoms with Crippen LogP contribution in [0.2, 0.25) is 0 Å². The van der Waals surface area contributed by atoms with Gasteiger partial charge in [0, 0.05) is 111 Å². The predicted octanol–water partition coefficient (Wildman–Crippen LogP) is 5.04. The lowest BCUT2D eigenvalue weighted by molar-refractivity contribution is -0.201. The number of esters is 1. The van der Waals surface area contributed by atoms with E-state index in [2.05, 4.69) is 15.0 Å². The maximum absolute atomic E-state index is 13.2. The lowest BCUT2D eigenvalue weighted by atomic mass is 9.89. The smallest absolute Gasteiger partial charge is 0.459 e. The van der Waals surface area contributed by atoms with E-state index in [1.165, 1.54) is 23.2 Å². The predicted molar refractivity (Wildman–Crippen MR) is 242 cm³/mol. The summed E-state index contributed by atoms with van der Waals surface area (Å²) in [5, 5.41) is 14.2. The van der Waals surface area contributed by atoms with Gasteiger partial charge in [-0.2, -0.15) is 13.2 Å². The third-order valence-electron chi connectivity index (χ3n) is 14.2. The van der Waals surface area contributed by atoms with Crippen LogP contribution in [0.15, 0.2) is 36.4 Å². The summed E-state index contributed by atoms with van der Waals surface area (Å²) >= 11 is 0. The molecule has 1 aliphatic carbocycles. The molecule has 20 heteroatoms. The highest BCUT2D eigenvalue weighted by atomic mass is 32.2. The van der Waals surface area contributed by atoms with Gasteiger partial charge >= 0.3 is 12.1 Å². The van der Waals surface area contributed by atoms with Crippen molar-refractivity contribution in [1.82, 2.24) is 28.0 Å². The number of fused-ring (bicyclic) bond motifs is 6. The highest BCUT2D eigenvalue weighted by Crippen LogP contribution is 2.37. The highest BCUT2D eigenvalue weighted by molar-refractivity contribution is 7.90. The molecule has 0 unspecified atom stereocenters. The first-order chi connectivity index (χ1) is 31.4. The van der Waals surface area contributed by atoms with Gasteiger partial charge in [0.25, 0.3) is 11.8 Å². The summed E-state index contributed by atoms with van der Waals surface area (Å²) < 4.78 is 95.7. The molecule has 66 heavy (non-hydrogen) atoms. The van der Waals surface area contributed by atoms with Crippen LogP contribution in [-0.4, -0.2) is 139 Å². The van der Waals surface area contributed by atoms with Gasteiger partial charge < -0.3 is 25.0 Å². The standard InChI is InChI=1S/C24H33N3O4S.C22H26F3N3O5S/c1-2-32(30,31)27-22-7-6-18(24(29)25-11-8-17(16-28)9-12-25)14-20(22)21-15-26(13-10-23(21)27)19-4-3-5-19;1-2-34(31,32)28-18-4-3-15(11-16(18)17-12-26-8-5-19(17)28)20(29)27-9-6-14(7-10-27)13-33-21(30)22(23,24)25/h6-7,14,17,19,28H,2-5,8-13,15-16H2,1H3;3-4,11,14,26H,2,5-10,12-13H2,1H3. The van der Waals surface area contributed by atoms with Crippen LogP contribution in [0.4, 0.5) is 13.2 Å². The molecule has 6 heterocycles. The average Bonchev–Trinajstić information content (AvgIpc) is 3.82. The van der Waals surface area contributed by atoms with E-state index >= 15 is 0 Å². The van der Waals surface area contributed by atoms with Crippen LogP contribution in [0.1, 0.15) is 102 Å². The van der Waals surface area contributed by atoms with E-state index in [0.29, 0.717) is 86.7 Å². The summed E-state index contributed by atoms with van der Waals surface area (Å²) in [5.41, 5.74) is 5.88. The number of aliphatic hydroxyl groups is 1. The van der Waals surface area contributed by atoms with Crippen molar-refractivity contribution in [3.05, 3.63) is 70.0 Å². The van der Waals surface area contributed by atoms with Crippen molar-refractivity contribution in [1.29, 1.82) is 0 Å². The van der Waals surface area contributed by atoms with Crippen molar-refractivity contribution in [3.63, 3.8) is 0 Å². The van der Waals surface area contributed by atoms with Gasteiger partial charge in [-0.3, -0.25) is 14.5 Å². The molecule has 2 amide bonds. The molecule has 0 radical (unpaired) electrons. The Balaban J connectivity index is 0.000000180. The number of hydrogen-bond acceptors (Lipinski definition) is 11. The first-order valence-corrected chi connectivity index (χ1v) is 26.3. The molecule has 3 fully saturated rings. The average molecular weight is 961 g/mol. The number of aromatic nitrogens is 2. The molecular weight excluding hydrogens is 902 g/mol. The summed E-state index contributed by atoms with van der Waals surface area (Å²) in [7, 11) is -6.95. The number of aliphatic hydroxyl groups excluding tert-OH is 1. The molecule has 2 aromatic heterocycles.